The van der Waals surface area contributed by atoms with Gasteiger partial charge in [0.05, 0.1) is 5.41 Å². The van der Waals surface area contributed by atoms with Crippen molar-refractivity contribution in [2.24, 2.45) is 33.5 Å². The van der Waals surface area contributed by atoms with Gasteiger partial charge in [0.1, 0.15) is 0 Å². The summed E-state index contributed by atoms with van der Waals surface area (Å²) in [6.07, 6.45) is 10.7. The molecule has 0 amide bonds. The van der Waals surface area contributed by atoms with Crippen molar-refractivity contribution in [1.29, 1.82) is 0 Å². The van der Waals surface area contributed by atoms with Gasteiger partial charge in [-0.25, -0.2) is 0 Å². The molecular formula is C27H39NO2. The molecule has 4 saturated carbocycles. The molecule has 4 fully saturated rings. The Morgan fingerprint density at radius 2 is 1.77 bits per heavy atom. The van der Waals surface area contributed by atoms with Crippen LogP contribution in [0.25, 0.3) is 0 Å². The summed E-state index contributed by atoms with van der Waals surface area (Å²) < 4.78 is 0. The highest BCUT2D eigenvalue weighted by atomic mass is 16.4. The van der Waals surface area contributed by atoms with Crippen LogP contribution >= 0.6 is 0 Å². The summed E-state index contributed by atoms with van der Waals surface area (Å²) in [7, 11) is 0. The molecule has 2 N–H and O–H groups in total. The zero-order valence-corrected chi connectivity index (χ0v) is 19.0. The minimum absolute atomic E-state index is 0.194. The summed E-state index contributed by atoms with van der Waals surface area (Å²) in [5.41, 5.74) is 1.85. The molecule has 5 rings (SSSR count). The Balaban J connectivity index is 1.40. The molecule has 30 heavy (non-hydrogen) atoms. The van der Waals surface area contributed by atoms with E-state index < -0.39 is 11.4 Å². The van der Waals surface area contributed by atoms with Crippen LogP contribution in [0.1, 0.15) is 84.1 Å². The topological polar surface area (TPSA) is 49.3 Å². The van der Waals surface area contributed by atoms with Gasteiger partial charge in [-0.15, -0.1) is 0 Å². The van der Waals surface area contributed by atoms with Crippen LogP contribution in [-0.2, 0) is 11.3 Å². The largest absolute Gasteiger partial charge is 0.481 e. The molecule has 2 bridgehead atoms. The van der Waals surface area contributed by atoms with Gasteiger partial charge in [0.15, 0.2) is 0 Å². The molecule has 3 unspecified atom stereocenters. The zero-order chi connectivity index (χ0) is 21.2. The molecule has 0 heterocycles. The summed E-state index contributed by atoms with van der Waals surface area (Å²) in [6.45, 7) is 8.02. The summed E-state index contributed by atoms with van der Waals surface area (Å²) in [5.74, 6) is 0.482. The lowest BCUT2D eigenvalue weighted by Gasteiger charge is -2.64. The van der Waals surface area contributed by atoms with Crippen LogP contribution in [0, 0.1) is 33.5 Å². The Morgan fingerprint density at radius 1 is 1.03 bits per heavy atom. The number of fused-ring (bicyclic) bond motifs is 3. The van der Waals surface area contributed by atoms with E-state index in [2.05, 4.69) is 56.4 Å². The van der Waals surface area contributed by atoms with Gasteiger partial charge in [-0.05, 0) is 91.9 Å². The van der Waals surface area contributed by atoms with Gasteiger partial charge in [-0.2, -0.15) is 0 Å². The normalized spacial score (nSPS) is 47.4. The Labute approximate surface area is 182 Å². The van der Waals surface area contributed by atoms with Gasteiger partial charge >= 0.3 is 5.97 Å². The van der Waals surface area contributed by atoms with E-state index in [-0.39, 0.29) is 5.41 Å². The molecule has 1 aromatic rings. The number of nitrogens with one attached hydrogen (secondary N) is 1. The van der Waals surface area contributed by atoms with Crippen LogP contribution in [0.5, 0.6) is 0 Å². The number of carboxylic acids is 1. The van der Waals surface area contributed by atoms with Crippen molar-refractivity contribution in [2.75, 3.05) is 0 Å². The molecule has 164 valence electrons. The van der Waals surface area contributed by atoms with Crippen LogP contribution in [-0.4, -0.2) is 17.1 Å². The molecule has 1 aromatic carbocycles. The minimum atomic E-state index is -0.552. The summed E-state index contributed by atoms with van der Waals surface area (Å²) in [4.78, 5) is 12.3. The number of aliphatic carboxylic acids is 1. The molecule has 0 radical (unpaired) electrons. The first kappa shape index (κ1) is 20.5. The Bertz CT molecular complexity index is 823. The van der Waals surface area contributed by atoms with Crippen LogP contribution in [0.2, 0.25) is 0 Å². The predicted molar refractivity (Wildman–Crippen MR) is 120 cm³/mol. The molecule has 3 nitrogen and oxygen atoms in total. The summed E-state index contributed by atoms with van der Waals surface area (Å²) >= 11 is 0. The van der Waals surface area contributed by atoms with Crippen molar-refractivity contribution in [2.45, 2.75) is 91.1 Å². The molecule has 0 saturated heterocycles. The Kier molecular flexibility index (Phi) is 4.67. The van der Waals surface area contributed by atoms with Crippen LogP contribution in [0.15, 0.2) is 30.3 Å². The van der Waals surface area contributed by atoms with Gasteiger partial charge in [0, 0.05) is 12.6 Å². The molecule has 1 spiro atoms. The molecule has 7 atom stereocenters. The first-order valence-corrected chi connectivity index (χ1v) is 12.2. The number of hydrogen-bond acceptors (Lipinski definition) is 2. The van der Waals surface area contributed by atoms with E-state index in [9.17, 15) is 9.90 Å². The molecular weight excluding hydrogens is 370 g/mol. The molecule has 0 aliphatic heterocycles. The SMILES string of the molecule is C[C@@]12CCC3[C@@](CCC4[C@@]3(C)CCC[C@@]4(C)C(=O)O)(CC1NCc1ccccc1)C2. The van der Waals surface area contributed by atoms with Gasteiger partial charge in [-0.1, -0.05) is 50.6 Å². The summed E-state index contributed by atoms with van der Waals surface area (Å²) in [6, 6.07) is 11.4. The van der Waals surface area contributed by atoms with E-state index >= 15 is 0 Å². The second kappa shape index (κ2) is 6.82. The van der Waals surface area contributed by atoms with Crippen LogP contribution in [0.3, 0.4) is 0 Å². The second-order valence-corrected chi connectivity index (χ2v) is 12.1. The van der Waals surface area contributed by atoms with Gasteiger partial charge in [-0.3, -0.25) is 4.79 Å². The predicted octanol–water partition coefficient (Wildman–Crippen LogP) is 6.03. The maximum absolute atomic E-state index is 12.3. The lowest BCUT2D eigenvalue weighted by molar-refractivity contribution is -0.182. The molecule has 4 aliphatic rings. The number of carboxylic acid groups (broad SMARTS) is 1. The summed E-state index contributed by atoms with van der Waals surface area (Å²) in [5, 5.41) is 14.1. The van der Waals surface area contributed by atoms with Crippen molar-refractivity contribution < 1.29 is 9.90 Å². The third-order valence-electron chi connectivity index (χ3n) is 10.5. The van der Waals surface area contributed by atoms with E-state index in [4.69, 9.17) is 0 Å². The Hall–Kier alpha value is -1.35. The van der Waals surface area contributed by atoms with Crippen LogP contribution < -0.4 is 5.32 Å². The fraction of sp³-hybridized carbons (Fsp3) is 0.741. The fourth-order valence-electron chi connectivity index (χ4n) is 9.18. The highest BCUT2D eigenvalue weighted by molar-refractivity contribution is 5.75. The average molecular weight is 410 g/mol. The first-order chi connectivity index (χ1) is 14.2. The lowest BCUT2D eigenvalue weighted by atomic mass is 9.40. The van der Waals surface area contributed by atoms with Crippen LogP contribution in [0.4, 0.5) is 0 Å². The third kappa shape index (κ3) is 2.83. The van der Waals surface area contributed by atoms with E-state index in [1.807, 2.05) is 0 Å². The maximum Gasteiger partial charge on any atom is 0.309 e. The van der Waals surface area contributed by atoms with E-state index in [0.717, 1.165) is 25.8 Å². The molecule has 3 heteroatoms. The van der Waals surface area contributed by atoms with Gasteiger partial charge in [0.2, 0.25) is 0 Å². The van der Waals surface area contributed by atoms with Crippen molar-refractivity contribution in [1.82, 2.24) is 5.32 Å². The smallest absolute Gasteiger partial charge is 0.309 e. The number of carbonyl (C=O) groups is 1. The van der Waals surface area contributed by atoms with Crippen molar-refractivity contribution in [3.63, 3.8) is 0 Å². The number of rotatable bonds is 4. The first-order valence-electron chi connectivity index (χ1n) is 12.2. The Morgan fingerprint density at radius 3 is 2.50 bits per heavy atom. The molecule has 0 aromatic heterocycles. The average Bonchev–Trinajstić information content (AvgIpc) is 2.91. The van der Waals surface area contributed by atoms with Crippen molar-refractivity contribution in [3.05, 3.63) is 35.9 Å². The third-order valence-corrected chi connectivity index (χ3v) is 10.5. The number of benzene rings is 1. The molecule has 4 aliphatic carbocycles. The van der Waals surface area contributed by atoms with Crippen molar-refractivity contribution >= 4 is 5.97 Å². The highest BCUT2D eigenvalue weighted by Gasteiger charge is 2.67. The van der Waals surface area contributed by atoms with E-state index in [1.54, 1.807) is 0 Å². The lowest BCUT2D eigenvalue weighted by Crippen LogP contribution is -2.58. The fourth-order valence-corrected chi connectivity index (χ4v) is 9.18. The minimum Gasteiger partial charge on any atom is -0.481 e. The van der Waals surface area contributed by atoms with Gasteiger partial charge < -0.3 is 10.4 Å². The maximum atomic E-state index is 12.3. The zero-order valence-electron chi connectivity index (χ0n) is 19.0. The quantitative estimate of drug-likeness (QED) is 0.638. The standard InChI is InChI=1S/C27H39NO2/c1-24-14-10-21-25(2)12-7-13-26(3,23(29)30)20(25)11-15-27(21,18-24)16-22(24)28-17-19-8-5-4-6-9-19/h4-6,8-9,20-22,28H,7,10-18H2,1-3H3,(H,29,30)/t20?,21?,22?,24-,25+,26+,27-/m0/s1. The highest BCUT2D eigenvalue weighted by Crippen LogP contribution is 2.73. The number of hydrogen-bond donors (Lipinski definition) is 2. The van der Waals surface area contributed by atoms with Gasteiger partial charge in [0.25, 0.3) is 0 Å². The van der Waals surface area contributed by atoms with E-state index in [1.165, 1.54) is 44.1 Å². The second-order valence-electron chi connectivity index (χ2n) is 12.1. The monoisotopic (exact) mass is 409 g/mol. The van der Waals surface area contributed by atoms with Crippen molar-refractivity contribution in [3.8, 4) is 0 Å². The van der Waals surface area contributed by atoms with E-state index in [0.29, 0.717) is 28.7 Å².